The zero-order valence-electron chi connectivity index (χ0n) is 9.12. The van der Waals surface area contributed by atoms with Gasteiger partial charge in [0.25, 0.3) is 0 Å². The summed E-state index contributed by atoms with van der Waals surface area (Å²) in [6.07, 6.45) is 9.91. The van der Waals surface area contributed by atoms with Crippen LogP contribution in [0.5, 0.6) is 0 Å². The molecule has 0 saturated carbocycles. The zero-order chi connectivity index (χ0) is 11.3. The van der Waals surface area contributed by atoms with Crippen LogP contribution in [0.2, 0.25) is 0 Å². The summed E-state index contributed by atoms with van der Waals surface area (Å²) in [7, 11) is 0. The molecule has 0 saturated heterocycles. The topological polar surface area (TPSA) is 13.1 Å². The van der Waals surface area contributed by atoms with Gasteiger partial charge in [-0.1, -0.05) is 44.9 Å². The highest BCUT2D eigenvalue weighted by Gasteiger charge is 2.12. The first-order valence-corrected chi connectivity index (χ1v) is 4.98. The van der Waals surface area contributed by atoms with Gasteiger partial charge in [-0.3, -0.25) is 0 Å². The molecule has 0 N–H and O–H groups in total. The highest BCUT2D eigenvalue weighted by atomic mass is 16.3. The molecule has 1 aromatic rings. The summed E-state index contributed by atoms with van der Waals surface area (Å²) in [5, 5.41) is 0. The lowest BCUT2D eigenvalue weighted by Gasteiger charge is -1.94. The van der Waals surface area contributed by atoms with Crippen LogP contribution in [-0.2, 0) is 6.42 Å². The number of furan rings is 1. The summed E-state index contributed by atoms with van der Waals surface area (Å²) in [4.78, 5) is 0. The van der Waals surface area contributed by atoms with Gasteiger partial charge in [0.1, 0.15) is 11.5 Å². The second-order valence-electron chi connectivity index (χ2n) is 3.08. The second-order valence-corrected chi connectivity index (χ2v) is 3.08. The largest absolute Gasteiger partial charge is 0.456 e. The van der Waals surface area contributed by atoms with E-state index in [9.17, 15) is 0 Å². The Kier molecular flexibility index (Phi) is 3.92. The molecule has 0 unspecified atom stereocenters. The molecule has 1 rings (SSSR count). The van der Waals surface area contributed by atoms with Crippen LogP contribution in [0.3, 0.4) is 0 Å². The lowest BCUT2D eigenvalue weighted by molar-refractivity contribution is 0.543. The van der Waals surface area contributed by atoms with E-state index in [0.29, 0.717) is 0 Å². The Labute approximate surface area is 91.1 Å². The number of allylic oxidation sites excluding steroid dienone is 2. The molecule has 0 atom stereocenters. The van der Waals surface area contributed by atoms with Gasteiger partial charge in [0.05, 0.1) is 0 Å². The smallest absolute Gasteiger partial charge is 0.135 e. The second kappa shape index (κ2) is 5.20. The number of rotatable bonds is 5. The molecule has 0 aliphatic heterocycles. The maximum absolute atomic E-state index is 5.66. The van der Waals surface area contributed by atoms with Crippen molar-refractivity contribution in [2.75, 3.05) is 0 Å². The van der Waals surface area contributed by atoms with E-state index < -0.39 is 0 Å². The molecule has 0 radical (unpaired) electrons. The Hall–Kier alpha value is -1.76. The third-order valence-electron chi connectivity index (χ3n) is 2.23. The van der Waals surface area contributed by atoms with E-state index in [1.54, 1.807) is 12.2 Å². The molecule has 1 nitrogen and oxygen atoms in total. The predicted octanol–water partition coefficient (Wildman–Crippen LogP) is 4.33. The SMILES string of the molecule is C=C/C=C\c1oc(C=C)c(CC)c1C=C. The fourth-order valence-corrected chi connectivity index (χ4v) is 1.55. The van der Waals surface area contributed by atoms with E-state index in [1.165, 1.54) is 0 Å². The Morgan fingerprint density at radius 2 is 1.87 bits per heavy atom. The maximum Gasteiger partial charge on any atom is 0.135 e. The third-order valence-corrected chi connectivity index (χ3v) is 2.23. The minimum atomic E-state index is 0.816. The molecule has 0 amide bonds. The molecule has 0 spiro atoms. The number of hydrogen-bond donors (Lipinski definition) is 0. The summed E-state index contributed by atoms with van der Waals surface area (Å²) < 4.78 is 5.66. The van der Waals surface area contributed by atoms with E-state index in [0.717, 1.165) is 29.1 Å². The van der Waals surface area contributed by atoms with Gasteiger partial charge in [-0.25, -0.2) is 0 Å². The van der Waals surface area contributed by atoms with E-state index >= 15 is 0 Å². The predicted molar refractivity (Wildman–Crippen MR) is 67.5 cm³/mol. The average Bonchev–Trinajstić information content (AvgIpc) is 2.62. The maximum atomic E-state index is 5.66. The van der Waals surface area contributed by atoms with Gasteiger partial charge in [0.15, 0.2) is 0 Å². The Bertz CT molecular complexity index is 405. The van der Waals surface area contributed by atoms with Crippen molar-refractivity contribution in [1.82, 2.24) is 0 Å². The van der Waals surface area contributed by atoms with E-state index in [4.69, 9.17) is 4.42 Å². The van der Waals surface area contributed by atoms with Crippen molar-refractivity contribution in [3.8, 4) is 0 Å². The molecular weight excluding hydrogens is 184 g/mol. The first-order chi connectivity index (χ1) is 7.28. The van der Waals surface area contributed by atoms with Gasteiger partial charge < -0.3 is 4.42 Å². The summed E-state index contributed by atoms with van der Waals surface area (Å²) in [6, 6.07) is 0. The number of hydrogen-bond acceptors (Lipinski definition) is 1. The molecule has 0 bridgehead atoms. The van der Waals surface area contributed by atoms with Gasteiger partial charge in [0.2, 0.25) is 0 Å². The van der Waals surface area contributed by atoms with Crippen LogP contribution in [0.4, 0.5) is 0 Å². The first kappa shape index (κ1) is 11.3. The normalized spacial score (nSPS) is 10.5. The van der Waals surface area contributed by atoms with Crippen LogP contribution >= 0.6 is 0 Å². The molecule has 0 aromatic carbocycles. The van der Waals surface area contributed by atoms with Crippen LogP contribution < -0.4 is 0 Å². The fourth-order valence-electron chi connectivity index (χ4n) is 1.55. The summed E-state index contributed by atoms with van der Waals surface area (Å²) in [5.41, 5.74) is 2.20. The quantitative estimate of drug-likeness (QED) is 0.645. The van der Waals surface area contributed by atoms with Gasteiger partial charge in [-0.2, -0.15) is 0 Å². The molecule has 0 aliphatic carbocycles. The third kappa shape index (κ3) is 2.18. The first-order valence-electron chi connectivity index (χ1n) is 4.98. The molecule has 1 aromatic heterocycles. The minimum absolute atomic E-state index is 0.816. The fraction of sp³-hybridized carbons (Fsp3) is 0.143. The van der Waals surface area contributed by atoms with Crippen molar-refractivity contribution < 1.29 is 4.42 Å². The summed E-state index contributed by atoms with van der Waals surface area (Å²) >= 11 is 0. The van der Waals surface area contributed by atoms with Gasteiger partial charge in [-0.05, 0) is 18.6 Å². The van der Waals surface area contributed by atoms with Crippen LogP contribution in [0, 0.1) is 0 Å². The van der Waals surface area contributed by atoms with E-state index in [2.05, 4.69) is 26.7 Å². The zero-order valence-corrected chi connectivity index (χ0v) is 9.12. The molecule has 78 valence electrons. The Balaban J connectivity index is 3.32. The highest BCUT2D eigenvalue weighted by Crippen LogP contribution is 2.26. The highest BCUT2D eigenvalue weighted by molar-refractivity contribution is 5.68. The summed E-state index contributed by atoms with van der Waals surface area (Å²) in [6.45, 7) is 13.3. The van der Waals surface area contributed by atoms with Crippen molar-refractivity contribution in [1.29, 1.82) is 0 Å². The average molecular weight is 200 g/mol. The standard InChI is InChI=1S/C14H16O/c1-5-9-10-14-12(7-3)11(6-2)13(8-4)15-14/h5,7-10H,1,3-4,6H2,2H3/b10-9-. The Morgan fingerprint density at radius 1 is 1.13 bits per heavy atom. The lowest BCUT2D eigenvalue weighted by atomic mass is 10.1. The van der Waals surface area contributed by atoms with Crippen LogP contribution in [0.15, 0.2) is 36.3 Å². The van der Waals surface area contributed by atoms with Crippen LogP contribution in [-0.4, -0.2) is 0 Å². The van der Waals surface area contributed by atoms with Crippen molar-refractivity contribution in [2.45, 2.75) is 13.3 Å². The van der Waals surface area contributed by atoms with E-state index in [-0.39, 0.29) is 0 Å². The summed E-state index contributed by atoms with van der Waals surface area (Å²) in [5.74, 6) is 1.65. The van der Waals surface area contributed by atoms with Gasteiger partial charge in [0, 0.05) is 11.1 Å². The Morgan fingerprint density at radius 3 is 2.33 bits per heavy atom. The molecule has 1 heterocycles. The van der Waals surface area contributed by atoms with Crippen molar-refractivity contribution in [2.24, 2.45) is 0 Å². The molecule has 15 heavy (non-hydrogen) atoms. The van der Waals surface area contributed by atoms with Crippen LogP contribution in [0.1, 0.15) is 29.6 Å². The molecule has 0 aliphatic rings. The van der Waals surface area contributed by atoms with Crippen molar-refractivity contribution in [3.05, 3.63) is 54.5 Å². The van der Waals surface area contributed by atoms with Crippen molar-refractivity contribution >= 4 is 18.2 Å². The van der Waals surface area contributed by atoms with Crippen molar-refractivity contribution in [3.63, 3.8) is 0 Å². The molecule has 0 fully saturated rings. The molecule has 1 heteroatoms. The molecular formula is C14H16O. The van der Waals surface area contributed by atoms with Crippen LogP contribution in [0.25, 0.3) is 18.2 Å². The lowest BCUT2D eigenvalue weighted by Crippen LogP contribution is -1.83. The van der Waals surface area contributed by atoms with Gasteiger partial charge >= 0.3 is 0 Å². The minimum Gasteiger partial charge on any atom is -0.456 e. The monoisotopic (exact) mass is 200 g/mol. The van der Waals surface area contributed by atoms with Gasteiger partial charge in [-0.15, -0.1) is 0 Å². The van der Waals surface area contributed by atoms with E-state index in [1.807, 2.05) is 18.2 Å².